The fourth-order valence-corrected chi connectivity index (χ4v) is 5.21. The number of aliphatic hydroxyl groups excluding tert-OH is 1. The number of sulfonamides is 1. The Hall–Kier alpha value is -1.63. The highest BCUT2D eigenvalue weighted by molar-refractivity contribution is 7.89. The van der Waals surface area contributed by atoms with E-state index in [0.29, 0.717) is 17.9 Å². The van der Waals surface area contributed by atoms with Gasteiger partial charge in [-0.15, -0.1) is 0 Å². The summed E-state index contributed by atoms with van der Waals surface area (Å²) in [6.45, 7) is 0.338. The summed E-state index contributed by atoms with van der Waals surface area (Å²) in [7, 11) is 0.271. The first-order valence-electron chi connectivity index (χ1n) is 7.78. The molecule has 0 aromatic heterocycles. The molecular formula is C17H22N2O3S. The van der Waals surface area contributed by atoms with E-state index >= 15 is 0 Å². The Kier molecular flexibility index (Phi) is 4.31. The Morgan fingerprint density at radius 2 is 1.87 bits per heavy atom. The maximum atomic E-state index is 13.1. The van der Waals surface area contributed by atoms with E-state index in [1.54, 1.807) is 12.1 Å². The largest absolute Gasteiger partial charge is 0.395 e. The zero-order valence-corrected chi connectivity index (χ0v) is 14.3. The lowest BCUT2D eigenvalue weighted by molar-refractivity contribution is 0.213. The van der Waals surface area contributed by atoms with Crippen LogP contribution in [0.25, 0.3) is 10.8 Å². The van der Waals surface area contributed by atoms with Crippen LogP contribution in [-0.4, -0.2) is 51.1 Å². The summed E-state index contributed by atoms with van der Waals surface area (Å²) in [5.41, 5.74) is 0.986. The fourth-order valence-electron chi connectivity index (χ4n) is 3.31. The standard InChI is InChI=1S/C17H22N2O3S/c1-18(2)16-9-3-8-15-14(16)7-4-10-17(15)23(21,22)19-11-5-6-13(19)12-20/h3-4,7-10,13,20H,5-6,11-12H2,1-2H3. The Morgan fingerprint density at radius 1 is 1.17 bits per heavy atom. The van der Waals surface area contributed by atoms with Crippen molar-refractivity contribution < 1.29 is 13.5 Å². The van der Waals surface area contributed by atoms with Crippen LogP contribution in [0.1, 0.15) is 12.8 Å². The first-order valence-corrected chi connectivity index (χ1v) is 9.22. The average Bonchev–Trinajstić information content (AvgIpc) is 3.03. The molecule has 1 unspecified atom stereocenters. The van der Waals surface area contributed by atoms with Crippen LogP contribution in [0.2, 0.25) is 0 Å². The Balaban J connectivity index is 2.18. The number of rotatable bonds is 4. The van der Waals surface area contributed by atoms with E-state index in [9.17, 15) is 13.5 Å². The minimum absolute atomic E-state index is 0.132. The minimum atomic E-state index is -3.61. The van der Waals surface area contributed by atoms with Crippen LogP contribution in [0.3, 0.4) is 0 Å². The van der Waals surface area contributed by atoms with E-state index in [2.05, 4.69) is 0 Å². The molecule has 1 saturated heterocycles. The van der Waals surface area contributed by atoms with Crippen molar-refractivity contribution in [3.05, 3.63) is 36.4 Å². The van der Waals surface area contributed by atoms with Crippen molar-refractivity contribution in [3.8, 4) is 0 Å². The number of nitrogens with zero attached hydrogens (tertiary/aromatic N) is 2. The molecular weight excluding hydrogens is 312 g/mol. The summed E-state index contributed by atoms with van der Waals surface area (Å²) in [5.74, 6) is 0. The summed E-state index contributed by atoms with van der Waals surface area (Å²) >= 11 is 0. The molecule has 1 atom stereocenters. The van der Waals surface area contributed by atoms with E-state index < -0.39 is 10.0 Å². The van der Waals surface area contributed by atoms with Gasteiger partial charge in [0.2, 0.25) is 10.0 Å². The zero-order chi connectivity index (χ0) is 16.6. The molecule has 6 heteroatoms. The molecule has 3 rings (SSSR count). The van der Waals surface area contributed by atoms with Gasteiger partial charge in [0.1, 0.15) is 0 Å². The molecule has 0 spiro atoms. The predicted octanol–water partition coefficient (Wildman–Crippen LogP) is 2.05. The van der Waals surface area contributed by atoms with Crippen molar-refractivity contribution in [2.75, 3.05) is 32.1 Å². The quantitative estimate of drug-likeness (QED) is 0.930. The van der Waals surface area contributed by atoms with E-state index in [4.69, 9.17) is 0 Å². The second-order valence-electron chi connectivity index (χ2n) is 6.12. The number of benzene rings is 2. The smallest absolute Gasteiger partial charge is 0.244 e. The number of fused-ring (bicyclic) bond motifs is 1. The van der Waals surface area contributed by atoms with Crippen molar-refractivity contribution in [2.24, 2.45) is 0 Å². The third-order valence-electron chi connectivity index (χ3n) is 4.46. The highest BCUT2D eigenvalue weighted by atomic mass is 32.2. The molecule has 1 aliphatic heterocycles. The fraction of sp³-hybridized carbons (Fsp3) is 0.412. The molecule has 1 N–H and O–H groups in total. The van der Waals surface area contributed by atoms with Gasteiger partial charge in [0.05, 0.1) is 11.5 Å². The van der Waals surface area contributed by atoms with Crippen molar-refractivity contribution in [1.82, 2.24) is 4.31 Å². The van der Waals surface area contributed by atoms with Gasteiger partial charge in [-0.25, -0.2) is 8.42 Å². The first kappa shape index (κ1) is 16.2. The number of anilines is 1. The van der Waals surface area contributed by atoms with Crippen LogP contribution in [0.5, 0.6) is 0 Å². The molecule has 1 fully saturated rings. The molecule has 0 radical (unpaired) electrons. The van der Waals surface area contributed by atoms with Crippen LogP contribution in [0.15, 0.2) is 41.3 Å². The first-order chi connectivity index (χ1) is 11.0. The van der Waals surface area contributed by atoms with Gasteiger partial charge < -0.3 is 10.0 Å². The van der Waals surface area contributed by atoms with Crippen LogP contribution in [0, 0.1) is 0 Å². The molecule has 1 aliphatic rings. The molecule has 124 valence electrons. The normalized spacial score (nSPS) is 19.3. The molecule has 23 heavy (non-hydrogen) atoms. The van der Waals surface area contributed by atoms with Gasteiger partial charge >= 0.3 is 0 Å². The van der Waals surface area contributed by atoms with Crippen LogP contribution in [0.4, 0.5) is 5.69 Å². The van der Waals surface area contributed by atoms with Crippen molar-refractivity contribution in [3.63, 3.8) is 0 Å². The van der Waals surface area contributed by atoms with Crippen LogP contribution in [-0.2, 0) is 10.0 Å². The predicted molar refractivity (Wildman–Crippen MR) is 92.3 cm³/mol. The summed E-state index contributed by atoms with van der Waals surface area (Å²) in [4.78, 5) is 2.30. The zero-order valence-electron chi connectivity index (χ0n) is 13.4. The molecule has 0 saturated carbocycles. The van der Waals surface area contributed by atoms with Crippen molar-refractivity contribution >= 4 is 26.5 Å². The lowest BCUT2D eigenvalue weighted by atomic mass is 10.1. The van der Waals surface area contributed by atoms with Gasteiger partial charge in [0, 0.05) is 43.1 Å². The molecule has 0 bridgehead atoms. The molecule has 2 aromatic rings. The van der Waals surface area contributed by atoms with Crippen molar-refractivity contribution in [1.29, 1.82) is 0 Å². The second kappa shape index (κ2) is 6.11. The van der Waals surface area contributed by atoms with Crippen LogP contribution < -0.4 is 4.90 Å². The van der Waals surface area contributed by atoms with E-state index in [-0.39, 0.29) is 12.6 Å². The van der Waals surface area contributed by atoms with Crippen LogP contribution >= 0.6 is 0 Å². The molecule has 0 amide bonds. The highest BCUT2D eigenvalue weighted by Crippen LogP contribution is 2.33. The molecule has 0 aliphatic carbocycles. The van der Waals surface area contributed by atoms with E-state index in [1.165, 1.54) is 4.31 Å². The van der Waals surface area contributed by atoms with Gasteiger partial charge in [0.15, 0.2) is 0 Å². The number of hydrogen-bond donors (Lipinski definition) is 1. The second-order valence-corrected chi connectivity index (χ2v) is 7.98. The minimum Gasteiger partial charge on any atom is -0.395 e. The van der Waals surface area contributed by atoms with Gasteiger partial charge in [0.25, 0.3) is 0 Å². The number of hydrogen-bond acceptors (Lipinski definition) is 4. The molecule has 1 heterocycles. The third kappa shape index (κ3) is 2.71. The lowest BCUT2D eigenvalue weighted by Crippen LogP contribution is -2.37. The molecule has 2 aromatic carbocycles. The summed E-state index contributed by atoms with van der Waals surface area (Å²) in [5, 5.41) is 11.1. The lowest BCUT2D eigenvalue weighted by Gasteiger charge is -2.24. The highest BCUT2D eigenvalue weighted by Gasteiger charge is 2.35. The molecule has 5 nitrogen and oxygen atoms in total. The Labute approximate surface area is 137 Å². The van der Waals surface area contributed by atoms with E-state index in [0.717, 1.165) is 22.9 Å². The topological polar surface area (TPSA) is 60.9 Å². The summed E-state index contributed by atoms with van der Waals surface area (Å²) in [6, 6.07) is 10.8. The van der Waals surface area contributed by atoms with Gasteiger partial charge in [-0.1, -0.05) is 24.3 Å². The summed E-state index contributed by atoms with van der Waals surface area (Å²) < 4.78 is 27.6. The SMILES string of the molecule is CN(C)c1cccc2c(S(=O)(=O)N3CCCC3CO)cccc12. The van der Waals surface area contributed by atoms with Gasteiger partial charge in [-0.3, -0.25) is 0 Å². The maximum absolute atomic E-state index is 13.1. The maximum Gasteiger partial charge on any atom is 0.244 e. The Bertz CT molecular complexity index is 818. The third-order valence-corrected chi connectivity index (χ3v) is 6.47. The number of aliphatic hydroxyl groups is 1. The van der Waals surface area contributed by atoms with E-state index in [1.807, 2.05) is 43.3 Å². The van der Waals surface area contributed by atoms with Gasteiger partial charge in [-0.2, -0.15) is 4.31 Å². The van der Waals surface area contributed by atoms with Gasteiger partial charge in [-0.05, 0) is 25.0 Å². The van der Waals surface area contributed by atoms with Crippen molar-refractivity contribution in [2.45, 2.75) is 23.8 Å². The monoisotopic (exact) mass is 334 g/mol. The average molecular weight is 334 g/mol. The Morgan fingerprint density at radius 3 is 2.57 bits per heavy atom. The summed E-state index contributed by atoms with van der Waals surface area (Å²) in [6.07, 6.45) is 1.50.